The van der Waals surface area contributed by atoms with Crippen molar-refractivity contribution in [3.63, 3.8) is 0 Å². The molecule has 2 aliphatic heterocycles. The van der Waals surface area contributed by atoms with Gasteiger partial charge in [0.15, 0.2) is 11.5 Å². The molecule has 4 aromatic rings. The minimum Gasteiger partial charge on any atom is -0.478 e. The molecule has 6 rings (SSSR count). The molecule has 12 heteroatoms. The van der Waals surface area contributed by atoms with E-state index in [0.29, 0.717) is 29.4 Å². The van der Waals surface area contributed by atoms with Gasteiger partial charge in [-0.1, -0.05) is 6.07 Å². The molecular formula is C28H20F3NO8. The molecule has 0 saturated carbocycles. The van der Waals surface area contributed by atoms with E-state index in [2.05, 4.69) is 4.74 Å². The molecular weight excluding hydrogens is 535 g/mol. The second-order valence-electron chi connectivity index (χ2n) is 9.07. The maximum atomic E-state index is 14.1. The Labute approximate surface area is 224 Å². The van der Waals surface area contributed by atoms with Gasteiger partial charge in [0.1, 0.15) is 23.8 Å². The fraction of sp³-hybridized carbons (Fsp3) is 0.214. The molecule has 2 aliphatic rings. The lowest BCUT2D eigenvalue weighted by Gasteiger charge is -2.29. The molecule has 0 fully saturated rings. The summed E-state index contributed by atoms with van der Waals surface area (Å²) >= 11 is 0. The van der Waals surface area contributed by atoms with Crippen molar-refractivity contribution in [2.24, 2.45) is 0 Å². The van der Waals surface area contributed by atoms with Crippen molar-refractivity contribution in [1.29, 1.82) is 0 Å². The van der Waals surface area contributed by atoms with Crippen molar-refractivity contribution in [1.82, 2.24) is 4.90 Å². The van der Waals surface area contributed by atoms with Crippen molar-refractivity contribution in [3.05, 3.63) is 87.3 Å². The van der Waals surface area contributed by atoms with Gasteiger partial charge in [-0.25, -0.2) is 4.79 Å². The number of halogens is 3. The number of fused-ring (bicyclic) bond motifs is 4. The zero-order valence-electron chi connectivity index (χ0n) is 20.9. The van der Waals surface area contributed by atoms with E-state index >= 15 is 0 Å². The van der Waals surface area contributed by atoms with Gasteiger partial charge in [0.2, 0.25) is 18.0 Å². The molecule has 0 spiro atoms. The van der Waals surface area contributed by atoms with E-state index in [1.807, 2.05) is 17.0 Å². The van der Waals surface area contributed by atoms with E-state index in [1.165, 1.54) is 43.5 Å². The summed E-state index contributed by atoms with van der Waals surface area (Å²) in [6.07, 6.45) is -5.04. The third-order valence-corrected chi connectivity index (χ3v) is 6.46. The highest BCUT2D eigenvalue weighted by atomic mass is 19.4. The second-order valence-corrected chi connectivity index (χ2v) is 9.07. The fourth-order valence-corrected chi connectivity index (χ4v) is 4.57. The number of rotatable bonds is 5. The van der Waals surface area contributed by atoms with Crippen LogP contribution in [0.3, 0.4) is 0 Å². The average Bonchev–Trinajstić information content (AvgIpc) is 3.41. The molecule has 206 valence electrons. The Bertz CT molecular complexity index is 1680. The quantitative estimate of drug-likeness (QED) is 0.297. The Morgan fingerprint density at radius 1 is 0.975 bits per heavy atom. The first-order chi connectivity index (χ1) is 19.2. The standard InChI is InChI=1S/C28H20F3NO8/c1-35-27(34)16-3-5-17(6-4-16)39-25-23(33)18-7-9-20-19(24(18)40-26(25)28(29,30)31)12-32(13-36-20)11-15-2-8-21-22(10-15)38-14-37-21/h2-10H,11-14H2,1H3. The fourth-order valence-electron chi connectivity index (χ4n) is 4.57. The Hall–Kier alpha value is -4.71. The van der Waals surface area contributed by atoms with E-state index in [4.69, 9.17) is 23.4 Å². The Balaban J connectivity index is 1.36. The lowest BCUT2D eigenvalue weighted by atomic mass is 10.1. The van der Waals surface area contributed by atoms with Crippen LogP contribution in [0, 0.1) is 0 Å². The van der Waals surface area contributed by atoms with Gasteiger partial charge in [-0.05, 0) is 54.1 Å². The van der Waals surface area contributed by atoms with Crippen molar-refractivity contribution < 1.29 is 46.1 Å². The number of hydrogen-bond acceptors (Lipinski definition) is 9. The minimum atomic E-state index is -5.04. The molecule has 1 aromatic heterocycles. The van der Waals surface area contributed by atoms with Crippen LogP contribution >= 0.6 is 0 Å². The third-order valence-electron chi connectivity index (χ3n) is 6.46. The van der Waals surface area contributed by atoms with E-state index in [0.717, 1.165) is 5.56 Å². The predicted molar refractivity (Wildman–Crippen MR) is 133 cm³/mol. The smallest absolute Gasteiger partial charge is 0.453 e. The second kappa shape index (κ2) is 9.79. The van der Waals surface area contributed by atoms with Gasteiger partial charge < -0.3 is 28.1 Å². The SMILES string of the molecule is COC(=O)c1ccc(Oc2c(C(F)(F)F)oc3c4c(ccc3c2=O)OCN(Cc2ccc3c(c2)OCO3)C4)cc1. The minimum absolute atomic E-state index is 0.0959. The number of ether oxygens (including phenoxy) is 5. The summed E-state index contributed by atoms with van der Waals surface area (Å²) in [5, 5.41) is -0.0959. The van der Waals surface area contributed by atoms with Crippen LogP contribution in [0.1, 0.15) is 27.2 Å². The highest BCUT2D eigenvalue weighted by Crippen LogP contribution is 2.41. The van der Waals surface area contributed by atoms with Crippen LogP contribution in [-0.2, 0) is 24.0 Å². The maximum Gasteiger partial charge on any atom is 0.453 e. The van der Waals surface area contributed by atoms with Gasteiger partial charge in [0, 0.05) is 13.1 Å². The molecule has 0 unspecified atom stereocenters. The van der Waals surface area contributed by atoms with Gasteiger partial charge in [0.25, 0.3) is 5.76 Å². The molecule has 40 heavy (non-hydrogen) atoms. The first-order valence-corrected chi connectivity index (χ1v) is 12.0. The van der Waals surface area contributed by atoms with Crippen molar-refractivity contribution in [3.8, 4) is 28.7 Å². The Kier molecular flexibility index (Phi) is 6.26. The highest BCUT2D eigenvalue weighted by Gasteiger charge is 2.41. The van der Waals surface area contributed by atoms with Crippen LogP contribution in [0.15, 0.2) is 63.8 Å². The first-order valence-electron chi connectivity index (χ1n) is 12.0. The molecule has 0 amide bonds. The number of hydrogen-bond donors (Lipinski definition) is 0. The van der Waals surface area contributed by atoms with Gasteiger partial charge >= 0.3 is 12.1 Å². The lowest BCUT2D eigenvalue weighted by Crippen LogP contribution is -2.32. The number of benzene rings is 3. The first kappa shape index (κ1) is 25.6. The molecule has 3 aromatic carbocycles. The molecule has 0 aliphatic carbocycles. The summed E-state index contributed by atoms with van der Waals surface area (Å²) in [6, 6.07) is 13.5. The van der Waals surface area contributed by atoms with Crippen molar-refractivity contribution in [2.45, 2.75) is 19.3 Å². The number of esters is 1. The summed E-state index contributed by atoms with van der Waals surface area (Å²) in [4.78, 5) is 26.9. The van der Waals surface area contributed by atoms with Crippen LogP contribution < -0.4 is 24.4 Å². The summed E-state index contributed by atoms with van der Waals surface area (Å²) in [6.45, 7) is 0.865. The van der Waals surface area contributed by atoms with Crippen LogP contribution in [-0.4, -0.2) is 31.5 Å². The number of alkyl halides is 3. The largest absolute Gasteiger partial charge is 0.478 e. The van der Waals surface area contributed by atoms with Crippen molar-refractivity contribution in [2.75, 3.05) is 20.6 Å². The zero-order chi connectivity index (χ0) is 28.0. The monoisotopic (exact) mass is 555 g/mol. The summed E-state index contributed by atoms with van der Waals surface area (Å²) < 4.78 is 74.3. The van der Waals surface area contributed by atoms with Gasteiger partial charge in [-0.2, -0.15) is 13.2 Å². The molecule has 0 N–H and O–H groups in total. The number of carbonyl (C=O) groups excluding carboxylic acids is 1. The molecule has 0 radical (unpaired) electrons. The van der Waals surface area contributed by atoms with Crippen LogP contribution in [0.2, 0.25) is 0 Å². The predicted octanol–water partition coefficient (Wildman–Crippen LogP) is 5.47. The average molecular weight is 555 g/mol. The zero-order valence-corrected chi connectivity index (χ0v) is 20.9. The van der Waals surface area contributed by atoms with E-state index < -0.39 is 29.1 Å². The topological polar surface area (TPSA) is 96.7 Å². The lowest BCUT2D eigenvalue weighted by molar-refractivity contribution is -0.154. The van der Waals surface area contributed by atoms with Gasteiger partial charge in [0.05, 0.1) is 23.6 Å². The summed E-state index contributed by atoms with van der Waals surface area (Å²) in [5.41, 5.74) is 0.109. The van der Waals surface area contributed by atoms with E-state index in [9.17, 15) is 22.8 Å². The maximum absolute atomic E-state index is 14.1. The molecule has 3 heterocycles. The number of nitrogens with zero attached hydrogens (tertiary/aromatic N) is 1. The van der Waals surface area contributed by atoms with Crippen molar-refractivity contribution >= 4 is 16.9 Å². The molecule has 0 saturated heterocycles. The summed E-state index contributed by atoms with van der Waals surface area (Å²) in [7, 11) is 1.20. The number of carbonyl (C=O) groups is 1. The Morgan fingerprint density at radius 2 is 1.73 bits per heavy atom. The normalized spacial score (nSPS) is 14.5. The molecule has 0 bridgehead atoms. The van der Waals surface area contributed by atoms with Gasteiger partial charge in [-0.3, -0.25) is 9.69 Å². The van der Waals surface area contributed by atoms with Crippen LogP contribution in [0.25, 0.3) is 11.0 Å². The third kappa shape index (κ3) is 4.66. The Morgan fingerprint density at radius 3 is 2.48 bits per heavy atom. The van der Waals surface area contributed by atoms with Crippen LogP contribution in [0.5, 0.6) is 28.7 Å². The summed E-state index contributed by atoms with van der Waals surface area (Å²) in [5.74, 6) is -1.77. The molecule has 9 nitrogen and oxygen atoms in total. The number of methoxy groups -OCH3 is 1. The van der Waals surface area contributed by atoms with E-state index in [-0.39, 0.29) is 42.4 Å². The highest BCUT2D eigenvalue weighted by molar-refractivity contribution is 5.89. The van der Waals surface area contributed by atoms with Crippen LogP contribution in [0.4, 0.5) is 13.2 Å². The molecule has 0 atom stereocenters. The van der Waals surface area contributed by atoms with Gasteiger partial charge in [-0.15, -0.1) is 0 Å². The van der Waals surface area contributed by atoms with E-state index in [1.54, 1.807) is 6.07 Å².